The number of ether oxygens (including phenoxy) is 1. The van der Waals surface area contributed by atoms with Crippen molar-refractivity contribution in [3.8, 4) is 5.75 Å². The van der Waals surface area contributed by atoms with E-state index < -0.39 is 0 Å². The van der Waals surface area contributed by atoms with Crippen molar-refractivity contribution in [3.63, 3.8) is 0 Å². The van der Waals surface area contributed by atoms with Gasteiger partial charge in [0.1, 0.15) is 0 Å². The summed E-state index contributed by atoms with van der Waals surface area (Å²) >= 11 is 0. The molecule has 0 fully saturated rings. The van der Waals surface area contributed by atoms with Gasteiger partial charge < -0.3 is 10.1 Å². The molecule has 88 valence electrons. The number of rotatable bonds is 2. The standard InChI is InChI=1S/C13H18FNO/c1-8(2)15-11-6-7-16-13-10(11)5-4-9(3)12(13)14/h4-5,8,11,15H,6-7H2,1-3H3. The summed E-state index contributed by atoms with van der Waals surface area (Å²) in [6, 6.07) is 4.38. The zero-order valence-corrected chi connectivity index (χ0v) is 10.0. The maximum atomic E-state index is 13.8. The second-order valence-electron chi connectivity index (χ2n) is 4.63. The molecular formula is C13H18FNO. The van der Waals surface area contributed by atoms with Gasteiger partial charge in [-0.15, -0.1) is 0 Å². The summed E-state index contributed by atoms with van der Waals surface area (Å²) in [5, 5.41) is 3.44. The smallest absolute Gasteiger partial charge is 0.168 e. The van der Waals surface area contributed by atoms with Gasteiger partial charge in [0.05, 0.1) is 6.61 Å². The molecule has 0 aromatic heterocycles. The van der Waals surface area contributed by atoms with Gasteiger partial charge in [-0.2, -0.15) is 0 Å². The van der Waals surface area contributed by atoms with Crippen LogP contribution in [0, 0.1) is 12.7 Å². The Kier molecular flexibility index (Phi) is 3.15. The van der Waals surface area contributed by atoms with Crippen LogP contribution in [-0.2, 0) is 0 Å². The van der Waals surface area contributed by atoms with Gasteiger partial charge in [0.25, 0.3) is 0 Å². The van der Waals surface area contributed by atoms with Crippen LogP contribution in [0.25, 0.3) is 0 Å². The van der Waals surface area contributed by atoms with Crippen LogP contribution in [0.3, 0.4) is 0 Å². The number of aryl methyl sites for hydroxylation is 1. The molecule has 0 amide bonds. The third-order valence-corrected chi connectivity index (χ3v) is 2.88. The van der Waals surface area contributed by atoms with E-state index in [0.29, 0.717) is 24.0 Å². The molecule has 0 spiro atoms. The molecule has 3 heteroatoms. The first-order valence-electron chi connectivity index (χ1n) is 5.77. The zero-order chi connectivity index (χ0) is 11.7. The van der Waals surface area contributed by atoms with Crippen molar-refractivity contribution < 1.29 is 9.13 Å². The summed E-state index contributed by atoms with van der Waals surface area (Å²) < 4.78 is 19.3. The molecule has 1 N–H and O–H groups in total. The van der Waals surface area contributed by atoms with E-state index in [1.165, 1.54) is 0 Å². The van der Waals surface area contributed by atoms with Crippen LogP contribution in [0.2, 0.25) is 0 Å². The predicted octanol–water partition coefficient (Wildman–Crippen LogP) is 2.96. The van der Waals surface area contributed by atoms with Crippen molar-refractivity contribution in [2.45, 2.75) is 39.3 Å². The SMILES string of the molecule is Cc1ccc2c(c1F)OCCC2NC(C)C. The molecule has 1 heterocycles. The fourth-order valence-corrected chi connectivity index (χ4v) is 2.10. The van der Waals surface area contributed by atoms with Gasteiger partial charge in [-0.25, -0.2) is 4.39 Å². The maximum absolute atomic E-state index is 13.8. The molecule has 16 heavy (non-hydrogen) atoms. The lowest BCUT2D eigenvalue weighted by Crippen LogP contribution is -2.32. The van der Waals surface area contributed by atoms with Gasteiger partial charge in [-0.05, 0) is 12.5 Å². The number of fused-ring (bicyclic) bond motifs is 1. The minimum absolute atomic E-state index is 0.207. The summed E-state index contributed by atoms with van der Waals surface area (Å²) in [6.45, 7) is 6.54. The fraction of sp³-hybridized carbons (Fsp3) is 0.538. The van der Waals surface area contributed by atoms with E-state index in [9.17, 15) is 4.39 Å². The van der Waals surface area contributed by atoms with Crippen molar-refractivity contribution in [3.05, 3.63) is 29.1 Å². The molecule has 1 aromatic carbocycles. The van der Waals surface area contributed by atoms with Crippen molar-refractivity contribution in [1.29, 1.82) is 0 Å². The van der Waals surface area contributed by atoms with Gasteiger partial charge in [-0.1, -0.05) is 26.0 Å². The molecular weight excluding hydrogens is 205 g/mol. The third kappa shape index (κ3) is 2.05. The lowest BCUT2D eigenvalue weighted by atomic mass is 9.98. The second kappa shape index (κ2) is 4.42. The number of hydrogen-bond donors (Lipinski definition) is 1. The lowest BCUT2D eigenvalue weighted by molar-refractivity contribution is 0.235. The minimum Gasteiger partial charge on any atom is -0.490 e. The average molecular weight is 223 g/mol. The Bertz CT molecular complexity index is 390. The molecule has 0 aliphatic carbocycles. The van der Waals surface area contributed by atoms with Gasteiger partial charge in [-0.3, -0.25) is 0 Å². The topological polar surface area (TPSA) is 21.3 Å². The zero-order valence-electron chi connectivity index (χ0n) is 10.0. The summed E-state index contributed by atoms with van der Waals surface area (Å²) in [5.74, 6) is 0.220. The van der Waals surface area contributed by atoms with Gasteiger partial charge in [0.2, 0.25) is 0 Å². The lowest BCUT2D eigenvalue weighted by Gasteiger charge is -2.29. The highest BCUT2D eigenvalue weighted by Crippen LogP contribution is 2.35. The molecule has 0 bridgehead atoms. The first-order chi connectivity index (χ1) is 7.59. The molecule has 1 aliphatic heterocycles. The van der Waals surface area contributed by atoms with Crippen molar-refractivity contribution in [1.82, 2.24) is 5.32 Å². The van der Waals surface area contributed by atoms with Crippen molar-refractivity contribution >= 4 is 0 Å². The molecule has 2 rings (SSSR count). The monoisotopic (exact) mass is 223 g/mol. The minimum atomic E-state index is -0.215. The summed E-state index contributed by atoms with van der Waals surface area (Å²) in [4.78, 5) is 0. The van der Waals surface area contributed by atoms with E-state index in [2.05, 4.69) is 19.2 Å². The Labute approximate surface area is 95.8 Å². The van der Waals surface area contributed by atoms with Crippen molar-refractivity contribution in [2.75, 3.05) is 6.61 Å². The number of nitrogens with one attached hydrogen (secondary N) is 1. The van der Waals surface area contributed by atoms with E-state index in [-0.39, 0.29) is 11.9 Å². The van der Waals surface area contributed by atoms with Crippen LogP contribution in [0.4, 0.5) is 4.39 Å². The quantitative estimate of drug-likeness (QED) is 0.832. The van der Waals surface area contributed by atoms with E-state index >= 15 is 0 Å². The van der Waals surface area contributed by atoms with Gasteiger partial charge in [0.15, 0.2) is 11.6 Å². The molecule has 1 atom stereocenters. The van der Waals surface area contributed by atoms with Crippen LogP contribution in [0.15, 0.2) is 12.1 Å². The summed E-state index contributed by atoms with van der Waals surface area (Å²) in [5.41, 5.74) is 1.59. The van der Waals surface area contributed by atoms with Gasteiger partial charge >= 0.3 is 0 Å². The Morgan fingerprint density at radius 1 is 1.44 bits per heavy atom. The highest BCUT2D eigenvalue weighted by molar-refractivity contribution is 5.42. The third-order valence-electron chi connectivity index (χ3n) is 2.88. The summed E-state index contributed by atoms with van der Waals surface area (Å²) in [6.07, 6.45) is 0.897. The van der Waals surface area contributed by atoms with Crippen molar-refractivity contribution in [2.24, 2.45) is 0 Å². The largest absolute Gasteiger partial charge is 0.490 e. The molecule has 1 aliphatic rings. The van der Waals surface area contributed by atoms with Crippen LogP contribution in [0.1, 0.15) is 37.4 Å². The van der Waals surface area contributed by atoms with Crippen LogP contribution in [0.5, 0.6) is 5.75 Å². The normalized spacial score (nSPS) is 19.4. The Morgan fingerprint density at radius 3 is 2.88 bits per heavy atom. The first-order valence-corrected chi connectivity index (χ1v) is 5.77. The predicted molar refractivity (Wildman–Crippen MR) is 62.3 cm³/mol. The molecule has 0 radical (unpaired) electrons. The number of hydrogen-bond acceptors (Lipinski definition) is 2. The van der Waals surface area contributed by atoms with Crippen LogP contribution in [-0.4, -0.2) is 12.6 Å². The number of halogens is 1. The van der Waals surface area contributed by atoms with E-state index in [1.54, 1.807) is 6.92 Å². The van der Waals surface area contributed by atoms with Gasteiger partial charge in [0, 0.05) is 24.1 Å². The fourth-order valence-electron chi connectivity index (χ4n) is 2.10. The Hall–Kier alpha value is -1.09. The Morgan fingerprint density at radius 2 is 2.19 bits per heavy atom. The highest BCUT2D eigenvalue weighted by atomic mass is 19.1. The second-order valence-corrected chi connectivity index (χ2v) is 4.63. The maximum Gasteiger partial charge on any atom is 0.168 e. The summed E-state index contributed by atoms with van der Waals surface area (Å²) in [7, 11) is 0. The average Bonchev–Trinajstić information content (AvgIpc) is 2.23. The van der Waals surface area contributed by atoms with E-state index in [1.807, 2.05) is 12.1 Å². The van der Waals surface area contributed by atoms with Crippen LogP contribution >= 0.6 is 0 Å². The number of benzene rings is 1. The first kappa shape index (κ1) is 11.4. The molecule has 0 saturated carbocycles. The van der Waals surface area contributed by atoms with E-state index in [0.717, 1.165) is 12.0 Å². The van der Waals surface area contributed by atoms with E-state index in [4.69, 9.17) is 4.74 Å². The highest BCUT2D eigenvalue weighted by Gasteiger charge is 2.25. The molecule has 1 aromatic rings. The molecule has 1 unspecified atom stereocenters. The van der Waals surface area contributed by atoms with Crippen LogP contribution < -0.4 is 10.1 Å². The Balaban J connectivity index is 2.36. The molecule has 2 nitrogen and oxygen atoms in total. The molecule has 0 saturated heterocycles.